The van der Waals surface area contributed by atoms with Gasteiger partial charge in [-0.25, -0.2) is 14.4 Å². The van der Waals surface area contributed by atoms with Crippen molar-refractivity contribution in [1.29, 1.82) is 5.41 Å². The molecule has 0 atom stereocenters. The van der Waals surface area contributed by atoms with Gasteiger partial charge in [0.1, 0.15) is 12.1 Å². The van der Waals surface area contributed by atoms with Crippen LogP contribution in [0, 0.1) is 18.2 Å². The second kappa shape index (κ2) is 10.1. The van der Waals surface area contributed by atoms with Gasteiger partial charge >= 0.3 is 0 Å². The number of carbonyl (C=O) groups excluding carboxylic acids is 1. The van der Waals surface area contributed by atoms with Crippen LogP contribution in [0.5, 0.6) is 0 Å². The van der Waals surface area contributed by atoms with Crippen molar-refractivity contribution in [3.8, 4) is 11.4 Å². The van der Waals surface area contributed by atoms with E-state index in [2.05, 4.69) is 41.0 Å². The Morgan fingerprint density at radius 1 is 1.24 bits per heavy atom. The molecule has 12 heteroatoms. The Balaban J connectivity index is 1.76. The first-order valence-electron chi connectivity index (χ1n) is 10.4. The van der Waals surface area contributed by atoms with E-state index < -0.39 is 11.7 Å². The van der Waals surface area contributed by atoms with Gasteiger partial charge in [0.15, 0.2) is 5.82 Å². The number of allylic oxidation sites excluding steroid dienone is 1. The molecular formula is C22H26FN9O2. The fraction of sp³-hybridized carbons (Fsp3) is 0.318. The van der Waals surface area contributed by atoms with Crippen molar-refractivity contribution in [3.05, 3.63) is 59.0 Å². The minimum atomic E-state index is -0.556. The van der Waals surface area contributed by atoms with Gasteiger partial charge in [0.25, 0.3) is 11.7 Å². The molecular weight excluding hydrogens is 441 g/mol. The van der Waals surface area contributed by atoms with Crippen molar-refractivity contribution < 1.29 is 13.7 Å². The Morgan fingerprint density at radius 2 is 2.00 bits per heavy atom. The number of rotatable bonds is 8. The summed E-state index contributed by atoms with van der Waals surface area (Å²) in [6, 6.07) is 2.92. The molecule has 4 N–H and O–H groups in total. The smallest absolute Gasteiger partial charge is 0.292 e. The summed E-state index contributed by atoms with van der Waals surface area (Å²) in [5, 5.41) is 19.4. The van der Waals surface area contributed by atoms with Crippen LogP contribution in [0.4, 0.5) is 10.3 Å². The van der Waals surface area contributed by atoms with Crippen LogP contribution in [-0.4, -0.2) is 44.3 Å². The van der Waals surface area contributed by atoms with E-state index in [1.54, 1.807) is 26.2 Å². The Hall–Kier alpha value is -4.22. The summed E-state index contributed by atoms with van der Waals surface area (Å²) in [6.45, 7) is 7.55. The predicted molar refractivity (Wildman–Crippen MR) is 124 cm³/mol. The van der Waals surface area contributed by atoms with Crippen LogP contribution in [0.15, 0.2) is 34.9 Å². The first kappa shape index (κ1) is 24.4. The Labute approximate surface area is 195 Å². The lowest BCUT2D eigenvalue weighted by molar-refractivity contribution is 0.0937. The summed E-state index contributed by atoms with van der Waals surface area (Å²) >= 11 is 0. The molecule has 0 saturated carbocycles. The highest BCUT2D eigenvalue weighted by atomic mass is 19.1. The number of amides is 1. The molecule has 0 radical (unpaired) electrons. The average Bonchev–Trinajstić information content (AvgIpc) is 3.30. The van der Waals surface area contributed by atoms with Crippen molar-refractivity contribution in [2.24, 2.45) is 0 Å². The monoisotopic (exact) mass is 467 g/mol. The van der Waals surface area contributed by atoms with E-state index in [4.69, 9.17) is 9.93 Å². The standard InChI is InChI=1S/C22H26FN9O2/c1-12-6-15(17-27-11-28-21(31-17)29-14(8-24)10-25-5)16(23)7-13(12)9-26-19(33)18-30-20(34-32-18)22(2,3)4/h6-8,10-11,24-25H,9H2,1-5H3,(H,26,33)(H,27,28,29,31)/b14-10+,24-8?. The van der Waals surface area contributed by atoms with Crippen LogP contribution < -0.4 is 16.0 Å². The SMILES string of the molecule is CN/C=C(\C=N)Nc1ncnc(-c2cc(C)c(CNC(=O)c3noc(C(C)(C)C)n3)cc2F)n1. The van der Waals surface area contributed by atoms with E-state index in [0.717, 1.165) is 11.8 Å². The van der Waals surface area contributed by atoms with Crippen molar-refractivity contribution in [3.63, 3.8) is 0 Å². The summed E-state index contributed by atoms with van der Waals surface area (Å²) in [7, 11) is 1.69. The number of hydrogen-bond donors (Lipinski definition) is 4. The van der Waals surface area contributed by atoms with Gasteiger partial charge in [0, 0.05) is 31.4 Å². The molecule has 0 bridgehead atoms. The normalized spacial score (nSPS) is 11.8. The highest BCUT2D eigenvalue weighted by Gasteiger charge is 2.24. The zero-order valence-corrected chi connectivity index (χ0v) is 19.5. The summed E-state index contributed by atoms with van der Waals surface area (Å²) in [5.41, 5.74) is 1.52. The lowest BCUT2D eigenvalue weighted by Gasteiger charge is -2.11. The fourth-order valence-corrected chi connectivity index (χ4v) is 2.84. The minimum Gasteiger partial charge on any atom is -0.392 e. The second-order valence-electron chi connectivity index (χ2n) is 8.40. The van der Waals surface area contributed by atoms with Crippen molar-refractivity contribution in [2.45, 2.75) is 39.7 Å². The van der Waals surface area contributed by atoms with Gasteiger partial charge < -0.3 is 25.9 Å². The van der Waals surface area contributed by atoms with Crippen LogP contribution in [0.25, 0.3) is 11.4 Å². The maximum absolute atomic E-state index is 14.9. The number of nitrogens with zero attached hydrogens (tertiary/aromatic N) is 5. The second-order valence-corrected chi connectivity index (χ2v) is 8.40. The van der Waals surface area contributed by atoms with Crippen LogP contribution >= 0.6 is 0 Å². The maximum Gasteiger partial charge on any atom is 0.292 e. The van der Waals surface area contributed by atoms with Crippen molar-refractivity contribution >= 4 is 18.1 Å². The van der Waals surface area contributed by atoms with Gasteiger partial charge in [-0.05, 0) is 30.2 Å². The molecule has 1 amide bonds. The molecule has 178 valence electrons. The van der Waals surface area contributed by atoms with E-state index in [9.17, 15) is 9.18 Å². The van der Waals surface area contributed by atoms with Gasteiger partial charge in [0.05, 0.1) is 11.3 Å². The number of aryl methyl sites for hydroxylation is 1. The molecule has 3 rings (SSSR count). The summed E-state index contributed by atoms with van der Waals surface area (Å²) in [6.07, 6.45) is 3.90. The van der Waals surface area contributed by atoms with Crippen LogP contribution in [0.2, 0.25) is 0 Å². The lowest BCUT2D eigenvalue weighted by atomic mass is 9.97. The zero-order chi connectivity index (χ0) is 24.9. The predicted octanol–water partition coefficient (Wildman–Crippen LogP) is 2.72. The lowest BCUT2D eigenvalue weighted by Crippen LogP contribution is -2.25. The molecule has 2 heterocycles. The van der Waals surface area contributed by atoms with Crippen molar-refractivity contribution in [2.75, 3.05) is 12.4 Å². The Bertz CT molecular complexity index is 1230. The van der Waals surface area contributed by atoms with Crippen LogP contribution in [0.3, 0.4) is 0 Å². The number of halogens is 1. The molecule has 0 aliphatic carbocycles. The van der Waals surface area contributed by atoms with E-state index in [-0.39, 0.29) is 35.1 Å². The molecule has 0 aliphatic heterocycles. The van der Waals surface area contributed by atoms with Crippen LogP contribution in [0.1, 0.15) is 48.4 Å². The van der Waals surface area contributed by atoms with E-state index in [0.29, 0.717) is 17.2 Å². The number of hydrogen-bond acceptors (Lipinski definition) is 10. The average molecular weight is 468 g/mol. The molecule has 3 aromatic rings. The zero-order valence-electron chi connectivity index (χ0n) is 19.5. The van der Waals surface area contributed by atoms with Crippen LogP contribution in [-0.2, 0) is 12.0 Å². The molecule has 0 aliphatic rings. The molecule has 34 heavy (non-hydrogen) atoms. The first-order valence-corrected chi connectivity index (χ1v) is 10.4. The highest BCUT2D eigenvalue weighted by molar-refractivity contribution is 5.90. The number of carbonyl (C=O) groups is 1. The minimum absolute atomic E-state index is 0.0722. The summed E-state index contributed by atoms with van der Waals surface area (Å²) < 4.78 is 20.1. The highest BCUT2D eigenvalue weighted by Crippen LogP contribution is 2.24. The topological polar surface area (TPSA) is 155 Å². The van der Waals surface area contributed by atoms with Gasteiger partial charge in [-0.15, -0.1) is 0 Å². The Morgan fingerprint density at radius 3 is 2.65 bits per heavy atom. The Kier molecular flexibility index (Phi) is 7.29. The number of anilines is 1. The fourth-order valence-electron chi connectivity index (χ4n) is 2.84. The van der Waals surface area contributed by atoms with Crippen molar-refractivity contribution in [1.82, 2.24) is 35.7 Å². The molecule has 0 fully saturated rings. The molecule has 0 unspecified atom stereocenters. The molecule has 11 nitrogen and oxygen atoms in total. The largest absolute Gasteiger partial charge is 0.392 e. The number of benzene rings is 1. The van der Waals surface area contributed by atoms with E-state index in [1.807, 2.05) is 20.8 Å². The summed E-state index contributed by atoms with van der Waals surface area (Å²) in [5.74, 6) is -0.513. The van der Waals surface area contributed by atoms with Gasteiger partial charge in [-0.2, -0.15) is 9.97 Å². The maximum atomic E-state index is 14.9. The molecule has 0 spiro atoms. The van der Waals surface area contributed by atoms with Gasteiger partial charge in [0.2, 0.25) is 11.8 Å². The molecule has 0 saturated heterocycles. The van der Waals surface area contributed by atoms with E-state index in [1.165, 1.54) is 12.4 Å². The third-order valence-electron chi connectivity index (χ3n) is 4.66. The molecule has 2 aromatic heterocycles. The van der Waals surface area contributed by atoms with Gasteiger partial charge in [-0.3, -0.25) is 4.79 Å². The van der Waals surface area contributed by atoms with Gasteiger partial charge in [-0.1, -0.05) is 25.9 Å². The van der Waals surface area contributed by atoms with E-state index >= 15 is 0 Å². The molecule has 1 aromatic carbocycles. The number of aromatic nitrogens is 5. The third-order valence-corrected chi connectivity index (χ3v) is 4.66. The summed E-state index contributed by atoms with van der Waals surface area (Å²) in [4.78, 5) is 28.8. The number of nitrogens with one attached hydrogen (secondary N) is 4. The third kappa shape index (κ3) is 5.77. The first-order chi connectivity index (χ1) is 16.1. The quantitative estimate of drug-likeness (QED) is 0.366.